The molecule has 1 aromatic carbocycles. The highest BCUT2D eigenvalue weighted by molar-refractivity contribution is 9.10. The van der Waals surface area contributed by atoms with Gasteiger partial charge in [0.25, 0.3) is 5.22 Å². The summed E-state index contributed by atoms with van der Waals surface area (Å²) in [4.78, 5) is 0. The van der Waals surface area contributed by atoms with Crippen molar-refractivity contribution in [3.8, 4) is 0 Å². The van der Waals surface area contributed by atoms with Crippen molar-refractivity contribution < 1.29 is 4.42 Å². The van der Waals surface area contributed by atoms with Crippen molar-refractivity contribution in [2.75, 3.05) is 0 Å². The van der Waals surface area contributed by atoms with Crippen LogP contribution in [0.1, 0.15) is 22.8 Å². The van der Waals surface area contributed by atoms with Crippen LogP contribution in [0.25, 0.3) is 0 Å². The fraction of sp³-hybridized carbons (Fsp3) is 0.267. The van der Waals surface area contributed by atoms with Crippen LogP contribution in [0.2, 0.25) is 10.0 Å². The number of hydrogen-bond acceptors (Lipinski definition) is 5. The summed E-state index contributed by atoms with van der Waals surface area (Å²) < 4.78 is 8.49. The first-order chi connectivity index (χ1) is 11.5. The zero-order valence-corrected chi connectivity index (χ0v) is 16.8. The van der Waals surface area contributed by atoms with Gasteiger partial charge in [0.15, 0.2) is 0 Å². The van der Waals surface area contributed by atoms with Gasteiger partial charge in [-0.1, -0.05) is 47.1 Å². The van der Waals surface area contributed by atoms with Gasteiger partial charge in [-0.05, 0) is 41.4 Å². The molecule has 0 fully saturated rings. The van der Waals surface area contributed by atoms with Crippen molar-refractivity contribution in [1.29, 1.82) is 0 Å². The second-order valence-electron chi connectivity index (χ2n) is 5.11. The predicted octanol–water partition coefficient (Wildman–Crippen LogP) is 5.29. The lowest BCUT2D eigenvalue weighted by Gasteiger charge is -2.03. The van der Waals surface area contributed by atoms with Crippen LogP contribution in [-0.2, 0) is 12.3 Å². The van der Waals surface area contributed by atoms with Crippen LogP contribution in [0.3, 0.4) is 0 Å². The molecule has 0 aliphatic carbocycles. The van der Waals surface area contributed by atoms with E-state index in [2.05, 4.69) is 31.2 Å². The van der Waals surface area contributed by atoms with Gasteiger partial charge in [0.1, 0.15) is 6.54 Å². The molecule has 0 atom stereocenters. The summed E-state index contributed by atoms with van der Waals surface area (Å²) in [5.74, 6) is 1.11. The van der Waals surface area contributed by atoms with Crippen molar-refractivity contribution in [2.45, 2.75) is 31.4 Å². The van der Waals surface area contributed by atoms with Gasteiger partial charge >= 0.3 is 0 Å². The number of aryl methyl sites for hydroxylation is 1. The Hall–Kier alpha value is -1.02. The predicted molar refractivity (Wildman–Crippen MR) is 98.8 cm³/mol. The molecule has 9 heteroatoms. The van der Waals surface area contributed by atoms with Gasteiger partial charge < -0.3 is 4.42 Å². The molecule has 0 N–H and O–H groups in total. The van der Waals surface area contributed by atoms with E-state index in [1.807, 2.05) is 30.7 Å². The number of halogens is 3. The lowest BCUT2D eigenvalue weighted by atomic mass is 10.2. The average Bonchev–Trinajstić information content (AvgIpc) is 3.10. The summed E-state index contributed by atoms with van der Waals surface area (Å²) in [5, 5.41) is 14.1. The van der Waals surface area contributed by atoms with Crippen molar-refractivity contribution >= 4 is 50.9 Å². The van der Waals surface area contributed by atoms with Gasteiger partial charge in [-0.25, -0.2) is 0 Å². The molecule has 24 heavy (non-hydrogen) atoms. The Kier molecular flexibility index (Phi) is 5.54. The van der Waals surface area contributed by atoms with E-state index in [4.69, 9.17) is 27.6 Å². The van der Waals surface area contributed by atoms with Crippen LogP contribution in [0.15, 0.2) is 32.3 Å². The number of rotatable bonds is 5. The van der Waals surface area contributed by atoms with Crippen LogP contribution in [0.5, 0.6) is 0 Å². The second-order valence-corrected chi connectivity index (χ2v) is 7.61. The normalized spacial score (nSPS) is 11.2. The molecule has 0 bridgehead atoms. The first kappa shape index (κ1) is 17.8. The van der Waals surface area contributed by atoms with Crippen molar-refractivity contribution in [3.63, 3.8) is 0 Å². The quantitative estimate of drug-likeness (QED) is 0.497. The SMILES string of the molecule is Cc1nn(Cc2nnc(SCc3cccc(Cl)c3Cl)o2)c(C)c1Br. The molecular weight excluding hydrogens is 435 g/mol. The Morgan fingerprint density at radius 3 is 2.75 bits per heavy atom. The van der Waals surface area contributed by atoms with Gasteiger partial charge in [0.2, 0.25) is 5.89 Å². The molecule has 126 valence electrons. The van der Waals surface area contributed by atoms with Crippen LogP contribution in [0.4, 0.5) is 0 Å². The Morgan fingerprint density at radius 1 is 1.25 bits per heavy atom. The summed E-state index contributed by atoms with van der Waals surface area (Å²) >= 11 is 17.1. The van der Waals surface area contributed by atoms with Gasteiger partial charge in [0, 0.05) is 5.75 Å². The third-order valence-corrected chi connectivity index (χ3v) is 6.28. The van der Waals surface area contributed by atoms with Gasteiger partial charge in [-0.3, -0.25) is 4.68 Å². The molecule has 0 saturated heterocycles. The topological polar surface area (TPSA) is 56.7 Å². The van der Waals surface area contributed by atoms with E-state index in [9.17, 15) is 0 Å². The maximum absolute atomic E-state index is 6.18. The standard InChI is InChI=1S/C15H13BrCl2N4OS/c1-8-13(16)9(2)22(21-8)6-12-19-20-15(23-12)24-7-10-4-3-5-11(17)14(10)18/h3-5H,6-7H2,1-2H3. The van der Waals surface area contributed by atoms with Crippen molar-refractivity contribution in [3.05, 3.63) is 55.6 Å². The van der Waals surface area contributed by atoms with Gasteiger partial charge in [0.05, 0.1) is 25.9 Å². The molecule has 2 heterocycles. The third-order valence-electron chi connectivity index (χ3n) is 3.41. The highest BCUT2D eigenvalue weighted by atomic mass is 79.9. The minimum atomic E-state index is 0.434. The summed E-state index contributed by atoms with van der Waals surface area (Å²) in [7, 11) is 0. The van der Waals surface area contributed by atoms with Crippen molar-refractivity contribution in [2.24, 2.45) is 0 Å². The molecule has 0 unspecified atom stereocenters. The van der Waals surface area contributed by atoms with Crippen LogP contribution < -0.4 is 0 Å². The van der Waals surface area contributed by atoms with Gasteiger partial charge in [-0.15, -0.1) is 10.2 Å². The van der Waals surface area contributed by atoms with E-state index in [1.54, 1.807) is 6.07 Å². The van der Waals surface area contributed by atoms with Crippen molar-refractivity contribution in [1.82, 2.24) is 20.0 Å². The summed E-state index contributed by atoms with van der Waals surface area (Å²) in [6, 6.07) is 5.55. The largest absolute Gasteiger partial charge is 0.414 e. The number of nitrogens with zero attached hydrogens (tertiary/aromatic N) is 4. The second kappa shape index (κ2) is 7.47. The Bertz CT molecular complexity index is 880. The van der Waals surface area contributed by atoms with E-state index < -0.39 is 0 Å². The van der Waals surface area contributed by atoms with Crippen LogP contribution >= 0.6 is 50.9 Å². The molecule has 5 nitrogen and oxygen atoms in total. The molecule has 0 amide bonds. The first-order valence-corrected chi connectivity index (χ1v) is 9.56. The molecule has 0 aliphatic heterocycles. The fourth-order valence-electron chi connectivity index (χ4n) is 2.12. The monoisotopic (exact) mass is 446 g/mol. The summed E-state index contributed by atoms with van der Waals surface area (Å²) in [6.45, 7) is 4.36. The molecule has 0 spiro atoms. The molecule has 0 aliphatic rings. The molecule has 3 aromatic rings. The number of thioether (sulfide) groups is 1. The van der Waals surface area contributed by atoms with E-state index in [0.29, 0.717) is 33.5 Å². The Labute approximate surface area is 161 Å². The van der Waals surface area contributed by atoms with Crippen LogP contribution in [-0.4, -0.2) is 20.0 Å². The zero-order valence-electron chi connectivity index (χ0n) is 12.9. The highest BCUT2D eigenvalue weighted by Gasteiger charge is 2.13. The Balaban J connectivity index is 1.67. The minimum absolute atomic E-state index is 0.434. The fourth-order valence-corrected chi connectivity index (χ4v) is 3.64. The van der Waals surface area contributed by atoms with Crippen LogP contribution in [0, 0.1) is 13.8 Å². The average molecular weight is 448 g/mol. The van der Waals surface area contributed by atoms with E-state index in [0.717, 1.165) is 21.4 Å². The first-order valence-electron chi connectivity index (χ1n) is 7.03. The van der Waals surface area contributed by atoms with E-state index >= 15 is 0 Å². The lowest BCUT2D eigenvalue weighted by Crippen LogP contribution is -2.04. The zero-order chi connectivity index (χ0) is 17.3. The molecule has 0 saturated carbocycles. The number of hydrogen-bond donors (Lipinski definition) is 0. The Morgan fingerprint density at radius 2 is 2.04 bits per heavy atom. The molecular formula is C15H13BrCl2N4OS. The highest BCUT2D eigenvalue weighted by Crippen LogP contribution is 2.30. The number of benzene rings is 1. The van der Waals surface area contributed by atoms with E-state index in [1.165, 1.54) is 11.8 Å². The molecule has 3 rings (SSSR count). The lowest BCUT2D eigenvalue weighted by molar-refractivity contribution is 0.396. The third kappa shape index (κ3) is 3.79. The smallest absolute Gasteiger partial charge is 0.276 e. The van der Waals surface area contributed by atoms with E-state index in [-0.39, 0.29) is 0 Å². The van der Waals surface area contributed by atoms with Gasteiger partial charge in [-0.2, -0.15) is 5.10 Å². The molecule has 2 aromatic heterocycles. The minimum Gasteiger partial charge on any atom is -0.414 e. The maximum Gasteiger partial charge on any atom is 0.276 e. The maximum atomic E-state index is 6.18. The number of aromatic nitrogens is 4. The summed E-state index contributed by atoms with van der Waals surface area (Å²) in [5.41, 5.74) is 2.87. The molecule has 0 radical (unpaired) electrons. The summed E-state index contributed by atoms with van der Waals surface area (Å²) in [6.07, 6.45) is 0.